The third-order valence-electron chi connectivity index (χ3n) is 6.02. The van der Waals surface area contributed by atoms with E-state index in [-0.39, 0.29) is 10.2 Å². The second-order valence-electron chi connectivity index (χ2n) is 9.31. The molecule has 0 aliphatic carbocycles. The monoisotopic (exact) mass is 466 g/mol. The average molecular weight is 467 g/mol. The van der Waals surface area contributed by atoms with E-state index in [1.165, 1.54) is 10.8 Å². The number of thiocarbonyl (C=S) groups is 1. The topological polar surface area (TPSA) is 100 Å². The Balaban J connectivity index is 1.83. The zero-order chi connectivity index (χ0) is 23.0. The van der Waals surface area contributed by atoms with E-state index >= 15 is 0 Å². The number of aromatic nitrogens is 4. The first-order chi connectivity index (χ1) is 14.4. The molecular weight excluding hydrogens is 436 g/mol. The number of nitrogens with one attached hydrogen (secondary N) is 1. The van der Waals surface area contributed by atoms with Crippen LogP contribution in [0.3, 0.4) is 0 Å². The highest BCUT2D eigenvalue weighted by molar-refractivity contribution is 7.80. The quantitative estimate of drug-likeness (QED) is 0.534. The summed E-state index contributed by atoms with van der Waals surface area (Å²) in [6.07, 6.45) is 5.30. The molecule has 170 valence electrons. The van der Waals surface area contributed by atoms with Crippen molar-refractivity contribution < 1.29 is 13.9 Å². The molecule has 0 aromatic carbocycles. The number of ether oxygens (including phenoxy) is 2. The van der Waals surface area contributed by atoms with Crippen molar-refractivity contribution in [1.29, 1.82) is 0 Å². The SMILES string of the molecule is Cc1cn([C@H]2C[C@H](OC(=S)n3ccnc3)[C@@H](CO[Si](C)(C)C(C)(C)C)O2)c(=O)[nH]c1=O. The number of aryl methyl sites for hydroxylation is 1. The molecule has 11 heteroatoms. The lowest BCUT2D eigenvalue weighted by Gasteiger charge is -2.37. The third-order valence-corrected chi connectivity index (χ3v) is 10.8. The van der Waals surface area contributed by atoms with Crippen LogP contribution in [0.1, 0.15) is 39.0 Å². The van der Waals surface area contributed by atoms with Gasteiger partial charge in [-0.15, -0.1) is 0 Å². The zero-order valence-electron chi connectivity index (χ0n) is 18.7. The molecule has 1 saturated heterocycles. The number of aromatic amines is 1. The van der Waals surface area contributed by atoms with Gasteiger partial charge in [0.1, 0.15) is 24.8 Å². The van der Waals surface area contributed by atoms with E-state index in [4.69, 9.17) is 26.1 Å². The molecule has 9 nitrogen and oxygen atoms in total. The van der Waals surface area contributed by atoms with Gasteiger partial charge in [-0.2, -0.15) is 0 Å². The molecule has 3 rings (SSSR count). The molecule has 1 N–H and O–H groups in total. The molecule has 0 amide bonds. The lowest BCUT2D eigenvalue weighted by atomic mass is 10.2. The van der Waals surface area contributed by atoms with Crippen LogP contribution < -0.4 is 11.2 Å². The highest BCUT2D eigenvalue weighted by Crippen LogP contribution is 2.38. The van der Waals surface area contributed by atoms with Gasteiger partial charge >= 0.3 is 5.69 Å². The molecule has 1 aliphatic rings. The fourth-order valence-electron chi connectivity index (χ4n) is 3.01. The van der Waals surface area contributed by atoms with Gasteiger partial charge in [0.2, 0.25) is 0 Å². The standard InChI is InChI=1S/C20H30N4O5SSi/c1-13-10-24(18(26)22-17(13)25)16-9-14(29-19(30)23-8-7-21-12-23)15(28-16)11-27-31(5,6)20(2,3)4/h7-8,10,12,14-16H,9,11H2,1-6H3,(H,22,25,26)/t14-,15+,16+/m0/s1. The van der Waals surface area contributed by atoms with E-state index in [0.717, 1.165) is 0 Å². The van der Waals surface area contributed by atoms with Crippen LogP contribution in [0.2, 0.25) is 18.1 Å². The van der Waals surface area contributed by atoms with Gasteiger partial charge in [-0.25, -0.2) is 9.78 Å². The van der Waals surface area contributed by atoms with Crippen LogP contribution >= 0.6 is 12.2 Å². The van der Waals surface area contributed by atoms with Gasteiger partial charge in [0.25, 0.3) is 10.7 Å². The second-order valence-corrected chi connectivity index (χ2v) is 14.5. The average Bonchev–Trinajstić information content (AvgIpc) is 3.32. The summed E-state index contributed by atoms with van der Waals surface area (Å²) in [6, 6.07) is 0. The highest BCUT2D eigenvalue weighted by atomic mass is 32.1. The van der Waals surface area contributed by atoms with E-state index in [2.05, 4.69) is 43.8 Å². The van der Waals surface area contributed by atoms with E-state index in [1.54, 1.807) is 30.2 Å². The summed E-state index contributed by atoms with van der Waals surface area (Å²) >= 11 is 5.40. The fourth-order valence-corrected chi connectivity index (χ4v) is 4.26. The van der Waals surface area contributed by atoms with Crippen LogP contribution in [-0.2, 0) is 13.9 Å². The molecule has 31 heavy (non-hydrogen) atoms. The molecule has 0 radical (unpaired) electrons. The van der Waals surface area contributed by atoms with E-state index in [1.807, 2.05) is 0 Å². The molecule has 3 heterocycles. The predicted molar refractivity (Wildman–Crippen MR) is 123 cm³/mol. The first kappa shape index (κ1) is 23.6. The van der Waals surface area contributed by atoms with Crippen LogP contribution in [0.5, 0.6) is 0 Å². The summed E-state index contributed by atoms with van der Waals surface area (Å²) in [5, 5.41) is 0.287. The summed E-state index contributed by atoms with van der Waals surface area (Å²) in [5.74, 6) is 0. The molecule has 2 aromatic rings. The Labute approximate surface area is 187 Å². The molecular formula is C20H30N4O5SSi. The van der Waals surface area contributed by atoms with Crippen molar-refractivity contribution in [3.63, 3.8) is 0 Å². The predicted octanol–water partition coefficient (Wildman–Crippen LogP) is 2.57. The fraction of sp³-hybridized carbons (Fsp3) is 0.600. The van der Waals surface area contributed by atoms with Gasteiger partial charge in [-0.3, -0.25) is 18.9 Å². The normalized spacial score (nSPS) is 21.9. The van der Waals surface area contributed by atoms with Crippen LogP contribution in [-0.4, -0.2) is 51.4 Å². The minimum absolute atomic E-state index is 0.0421. The highest BCUT2D eigenvalue weighted by Gasteiger charge is 2.43. The Kier molecular flexibility index (Phi) is 6.70. The second kappa shape index (κ2) is 8.81. The Hall–Kier alpha value is -2.08. The van der Waals surface area contributed by atoms with Crippen molar-refractivity contribution in [2.75, 3.05) is 6.61 Å². The Bertz CT molecular complexity index is 1040. The molecule has 0 saturated carbocycles. The zero-order valence-corrected chi connectivity index (χ0v) is 20.6. The maximum Gasteiger partial charge on any atom is 0.330 e. The van der Waals surface area contributed by atoms with Crippen LogP contribution in [0.4, 0.5) is 0 Å². The Morgan fingerprint density at radius 3 is 2.71 bits per heavy atom. The van der Waals surface area contributed by atoms with Crippen molar-refractivity contribution in [1.82, 2.24) is 19.1 Å². The summed E-state index contributed by atoms with van der Waals surface area (Å²) < 4.78 is 21.6. The van der Waals surface area contributed by atoms with Crippen LogP contribution in [0, 0.1) is 6.92 Å². The van der Waals surface area contributed by atoms with E-state index < -0.39 is 38.0 Å². The minimum Gasteiger partial charge on any atom is -0.464 e. The third kappa shape index (κ3) is 5.22. The van der Waals surface area contributed by atoms with Gasteiger partial charge in [0.05, 0.1) is 6.61 Å². The number of rotatable bonds is 5. The minimum atomic E-state index is -2.02. The maximum atomic E-state index is 12.4. The molecule has 0 bridgehead atoms. The number of hydrogen-bond acceptors (Lipinski definition) is 7. The molecule has 3 atom stereocenters. The molecule has 0 spiro atoms. The Morgan fingerprint density at radius 1 is 1.39 bits per heavy atom. The number of H-pyrrole nitrogens is 1. The smallest absolute Gasteiger partial charge is 0.330 e. The molecule has 0 unspecified atom stereocenters. The van der Waals surface area contributed by atoms with Crippen molar-refractivity contribution in [2.24, 2.45) is 0 Å². The van der Waals surface area contributed by atoms with E-state index in [9.17, 15) is 9.59 Å². The molecule has 2 aromatic heterocycles. The summed E-state index contributed by atoms with van der Waals surface area (Å²) in [7, 11) is -2.02. The van der Waals surface area contributed by atoms with Crippen molar-refractivity contribution in [3.05, 3.63) is 51.3 Å². The van der Waals surface area contributed by atoms with Gasteiger partial charge in [0, 0.05) is 30.6 Å². The van der Waals surface area contributed by atoms with Crippen molar-refractivity contribution in [2.45, 2.75) is 70.7 Å². The summed E-state index contributed by atoms with van der Waals surface area (Å²) in [5.41, 5.74) is -0.510. The maximum absolute atomic E-state index is 12.4. The lowest BCUT2D eigenvalue weighted by molar-refractivity contribution is -0.0412. The first-order valence-corrected chi connectivity index (χ1v) is 13.5. The number of hydrogen-bond donors (Lipinski definition) is 1. The van der Waals surface area contributed by atoms with Gasteiger partial charge < -0.3 is 13.9 Å². The van der Waals surface area contributed by atoms with Crippen LogP contribution in [0.25, 0.3) is 0 Å². The van der Waals surface area contributed by atoms with Gasteiger partial charge in [-0.05, 0) is 37.3 Å². The van der Waals surface area contributed by atoms with Gasteiger partial charge in [0.15, 0.2) is 8.32 Å². The molecule has 1 fully saturated rings. The number of imidazole rings is 1. The number of nitrogens with zero attached hydrogens (tertiary/aromatic N) is 3. The molecule has 1 aliphatic heterocycles. The Morgan fingerprint density at radius 2 is 2.10 bits per heavy atom. The van der Waals surface area contributed by atoms with E-state index in [0.29, 0.717) is 18.6 Å². The summed E-state index contributed by atoms with van der Waals surface area (Å²) in [6.45, 7) is 12.8. The largest absolute Gasteiger partial charge is 0.464 e. The first-order valence-electron chi connectivity index (χ1n) is 10.2. The lowest BCUT2D eigenvalue weighted by Crippen LogP contribution is -2.44. The summed E-state index contributed by atoms with van der Waals surface area (Å²) in [4.78, 5) is 30.4. The van der Waals surface area contributed by atoms with Crippen molar-refractivity contribution in [3.8, 4) is 0 Å². The van der Waals surface area contributed by atoms with Crippen LogP contribution in [0.15, 0.2) is 34.5 Å². The van der Waals surface area contributed by atoms with Gasteiger partial charge in [-0.1, -0.05) is 20.8 Å². The van der Waals surface area contributed by atoms with Crippen molar-refractivity contribution >= 4 is 25.7 Å².